The molecule has 0 unspecified atom stereocenters. The fourth-order valence-electron chi connectivity index (χ4n) is 0. The molecule has 0 saturated carbocycles. The van der Waals surface area contributed by atoms with Crippen LogP contribution in [0.3, 0.4) is 0 Å². The Balaban J connectivity index is 0. The molecule has 0 aliphatic carbocycles. The van der Waals surface area contributed by atoms with Crippen molar-refractivity contribution in [2.75, 3.05) is 6.61 Å². The van der Waals surface area contributed by atoms with E-state index in [1.807, 2.05) is 0 Å². The molecule has 0 aromatic carbocycles. The Morgan fingerprint density at radius 2 is 1.71 bits per heavy atom. The van der Waals surface area contributed by atoms with Crippen LogP contribution in [0.1, 0.15) is 13.8 Å². The second kappa shape index (κ2) is 9.06. The Kier molecular flexibility index (Phi) is 12.5. The lowest BCUT2D eigenvalue weighted by Crippen LogP contribution is -1.78. The first-order valence-corrected chi connectivity index (χ1v) is 1.95. The van der Waals surface area contributed by atoms with E-state index >= 15 is 0 Å². The average Bonchev–Trinajstić information content (AvgIpc) is 1.33. The first-order chi connectivity index (χ1) is 3.15. The minimum Gasteiger partial charge on any atom is -0.481 e. The largest absolute Gasteiger partial charge is 0.481 e. The molecule has 0 saturated heterocycles. The SMILES string of the molecule is CC(=O)O.CCO. The van der Waals surface area contributed by atoms with Crippen molar-refractivity contribution in [2.45, 2.75) is 13.8 Å². The van der Waals surface area contributed by atoms with Gasteiger partial charge in [-0.15, -0.1) is 0 Å². The lowest BCUT2D eigenvalue weighted by Gasteiger charge is -1.59. The van der Waals surface area contributed by atoms with Gasteiger partial charge in [0.25, 0.3) is 5.97 Å². The van der Waals surface area contributed by atoms with E-state index in [4.69, 9.17) is 15.0 Å². The van der Waals surface area contributed by atoms with E-state index in [1.165, 1.54) is 0 Å². The molecule has 0 fully saturated rings. The van der Waals surface area contributed by atoms with E-state index in [1.54, 1.807) is 6.92 Å². The number of hydrogen-bond acceptors (Lipinski definition) is 2. The van der Waals surface area contributed by atoms with E-state index in [2.05, 4.69) is 0 Å². The molecule has 2 N–H and O–H groups in total. The van der Waals surface area contributed by atoms with Gasteiger partial charge in [0.05, 0.1) is 0 Å². The highest BCUT2D eigenvalue weighted by atomic mass is 16.4. The van der Waals surface area contributed by atoms with Crippen LogP contribution in [0.4, 0.5) is 0 Å². The third-order valence-electron chi connectivity index (χ3n) is 0. The molecule has 0 amide bonds. The third-order valence-corrected chi connectivity index (χ3v) is 0. The Morgan fingerprint density at radius 1 is 1.71 bits per heavy atom. The molecule has 0 aromatic heterocycles. The molecule has 0 aromatic rings. The Labute approximate surface area is 42.6 Å². The summed E-state index contributed by atoms with van der Waals surface area (Å²) in [6, 6.07) is 0. The maximum Gasteiger partial charge on any atom is 0.300 e. The van der Waals surface area contributed by atoms with Crippen molar-refractivity contribution >= 4 is 5.97 Å². The van der Waals surface area contributed by atoms with Gasteiger partial charge in [0.1, 0.15) is 0 Å². The minimum absolute atomic E-state index is 0.250. The summed E-state index contributed by atoms with van der Waals surface area (Å²) in [5, 5.41) is 15.0. The second-order valence-electron chi connectivity index (χ2n) is 0.835. The highest BCUT2D eigenvalue weighted by Gasteiger charge is 1.65. The van der Waals surface area contributed by atoms with Crippen LogP contribution >= 0.6 is 0 Å². The number of aliphatic carboxylic acids is 1. The van der Waals surface area contributed by atoms with E-state index in [-0.39, 0.29) is 6.61 Å². The van der Waals surface area contributed by atoms with Crippen molar-refractivity contribution in [1.82, 2.24) is 0 Å². The zero-order valence-corrected chi connectivity index (χ0v) is 4.51. The first kappa shape index (κ1) is 9.66. The van der Waals surface area contributed by atoms with Gasteiger partial charge < -0.3 is 10.2 Å². The number of carboxylic acids is 1. The van der Waals surface area contributed by atoms with Gasteiger partial charge in [-0.3, -0.25) is 4.79 Å². The third kappa shape index (κ3) is 197. The van der Waals surface area contributed by atoms with Gasteiger partial charge in [0, 0.05) is 13.5 Å². The molecule has 0 radical (unpaired) electrons. The molecule has 0 atom stereocenters. The molecule has 0 aliphatic rings. The summed E-state index contributed by atoms with van der Waals surface area (Å²) < 4.78 is 0. The van der Waals surface area contributed by atoms with Gasteiger partial charge in [0.15, 0.2) is 0 Å². The van der Waals surface area contributed by atoms with Gasteiger partial charge >= 0.3 is 0 Å². The van der Waals surface area contributed by atoms with Crippen molar-refractivity contribution < 1.29 is 15.0 Å². The fraction of sp³-hybridized carbons (Fsp3) is 0.750. The van der Waals surface area contributed by atoms with Crippen molar-refractivity contribution in [3.05, 3.63) is 0 Å². The van der Waals surface area contributed by atoms with Crippen molar-refractivity contribution in [1.29, 1.82) is 0 Å². The minimum atomic E-state index is -0.833. The normalized spacial score (nSPS) is 6.14. The monoisotopic (exact) mass is 106 g/mol. The Bertz CT molecular complexity index is 38.2. The summed E-state index contributed by atoms with van der Waals surface area (Å²) in [6.07, 6.45) is 0. The quantitative estimate of drug-likeness (QED) is 0.460. The van der Waals surface area contributed by atoms with Gasteiger partial charge in [0.2, 0.25) is 0 Å². The summed E-state index contributed by atoms with van der Waals surface area (Å²) in [5.74, 6) is -0.833. The molecular formula is C4H10O3. The van der Waals surface area contributed by atoms with E-state index in [0.29, 0.717) is 0 Å². The predicted molar refractivity (Wildman–Crippen MR) is 26.1 cm³/mol. The van der Waals surface area contributed by atoms with Gasteiger partial charge in [-0.25, -0.2) is 0 Å². The van der Waals surface area contributed by atoms with Gasteiger partial charge in [-0.1, -0.05) is 0 Å². The summed E-state index contributed by atoms with van der Waals surface area (Å²) in [6.45, 7) is 3.01. The Hall–Kier alpha value is -0.570. The summed E-state index contributed by atoms with van der Waals surface area (Å²) in [7, 11) is 0. The smallest absolute Gasteiger partial charge is 0.300 e. The zero-order chi connectivity index (χ0) is 6.28. The van der Waals surface area contributed by atoms with Crippen molar-refractivity contribution in [2.24, 2.45) is 0 Å². The van der Waals surface area contributed by atoms with Crippen LogP contribution in [0.2, 0.25) is 0 Å². The van der Waals surface area contributed by atoms with Crippen molar-refractivity contribution in [3.63, 3.8) is 0 Å². The van der Waals surface area contributed by atoms with Gasteiger partial charge in [-0.2, -0.15) is 0 Å². The van der Waals surface area contributed by atoms with Crippen LogP contribution in [-0.2, 0) is 4.79 Å². The van der Waals surface area contributed by atoms with E-state index in [9.17, 15) is 0 Å². The molecule has 0 spiro atoms. The highest BCUT2D eigenvalue weighted by molar-refractivity contribution is 5.62. The molecule has 0 bridgehead atoms. The molecule has 3 nitrogen and oxygen atoms in total. The first-order valence-electron chi connectivity index (χ1n) is 1.95. The lowest BCUT2D eigenvalue weighted by atomic mass is 10.9. The number of aliphatic hydroxyl groups excluding tert-OH is 1. The number of hydrogen-bond donors (Lipinski definition) is 2. The molecule has 0 aliphatic heterocycles. The van der Waals surface area contributed by atoms with Crippen LogP contribution in [0.25, 0.3) is 0 Å². The van der Waals surface area contributed by atoms with E-state index in [0.717, 1.165) is 6.92 Å². The van der Waals surface area contributed by atoms with Crippen LogP contribution in [0.5, 0.6) is 0 Å². The number of rotatable bonds is 0. The maximum atomic E-state index is 9.00. The standard InChI is InChI=1S/C2H4O2.C2H6O/c1-2(3)4;1-2-3/h1H3,(H,3,4);3H,2H2,1H3. The van der Waals surface area contributed by atoms with E-state index < -0.39 is 5.97 Å². The molecule has 7 heavy (non-hydrogen) atoms. The van der Waals surface area contributed by atoms with Gasteiger partial charge in [-0.05, 0) is 6.92 Å². The predicted octanol–water partition coefficient (Wildman–Crippen LogP) is 0.0895. The molecule has 44 valence electrons. The number of aliphatic hydroxyl groups is 1. The molecular weight excluding hydrogens is 96.0 g/mol. The average molecular weight is 106 g/mol. The summed E-state index contributed by atoms with van der Waals surface area (Å²) in [4.78, 5) is 9.00. The molecule has 3 heteroatoms. The van der Waals surface area contributed by atoms with Crippen molar-refractivity contribution in [3.8, 4) is 0 Å². The fourth-order valence-corrected chi connectivity index (χ4v) is 0. The summed E-state index contributed by atoms with van der Waals surface area (Å²) in [5.41, 5.74) is 0. The van der Waals surface area contributed by atoms with Crippen LogP contribution < -0.4 is 0 Å². The zero-order valence-electron chi connectivity index (χ0n) is 4.51. The number of carbonyl (C=O) groups is 1. The Morgan fingerprint density at radius 3 is 1.71 bits per heavy atom. The number of carboxylic acid groups (broad SMARTS) is 1. The summed E-state index contributed by atoms with van der Waals surface area (Å²) >= 11 is 0. The topological polar surface area (TPSA) is 57.5 Å². The lowest BCUT2D eigenvalue weighted by molar-refractivity contribution is -0.134. The van der Waals surface area contributed by atoms with Crippen LogP contribution in [0, 0.1) is 0 Å². The van der Waals surface area contributed by atoms with Crippen LogP contribution in [0.15, 0.2) is 0 Å². The van der Waals surface area contributed by atoms with Crippen LogP contribution in [-0.4, -0.2) is 22.8 Å². The molecule has 0 heterocycles. The molecule has 0 rings (SSSR count). The second-order valence-corrected chi connectivity index (χ2v) is 0.835. The maximum absolute atomic E-state index is 9.00. The highest BCUT2D eigenvalue weighted by Crippen LogP contribution is 1.42.